The third-order valence-electron chi connectivity index (χ3n) is 2.35. The molecule has 0 aliphatic heterocycles. The molecule has 1 atom stereocenters. The fraction of sp³-hybridized carbons (Fsp3) is 0.417. The van der Waals surface area contributed by atoms with E-state index in [1.807, 2.05) is 24.3 Å². The molecule has 0 radical (unpaired) electrons. The van der Waals surface area contributed by atoms with Crippen LogP contribution >= 0.6 is 12.4 Å². The van der Waals surface area contributed by atoms with Gasteiger partial charge in [-0.15, -0.1) is 12.4 Å². The highest BCUT2D eigenvalue weighted by Crippen LogP contribution is 2.19. The fourth-order valence-corrected chi connectivity index (χ4v) is 1.50. The lowest BCUT2D eigenvalue weighted by Gasteiger charge is -2.12. The summed E-state index contributed by atoms with van der Waals surface area (Å²) in [5, 5.41) is 8.89. The first kappa shape index (κ1) is 14.0. The van der Waals surface area contributed by atoms with Crippen LogP contribution in [-0.2, 0) is 0 Å². The van der Waals surface area contributed by atoms with E-state index in [1.54, 1.807) is 0 Å². The zero-order valence-corrected chi connectivity index (χ0v) is 9.76. The van der Waals surface area contributed by atoms with Gasteiger partial charge in [-0.3, -0.25) is 0 Å². The summed E-state index contributed by atoms with van der Waals surface area (Å²) in [6, 6.07) is 9.74. The van der Waals surface area contributed by atoms with Crippen LogP contribution in [0.2, 0.25) is 0 Å². The van der Waals surface area contributed by atoms with Gasteiger partial charge in [0.2, 0.25) is 0 Å². The standard InChI is InChI=1S/C12H16N2.ClH/c1-2-3-8-12(14)11-7-5-4-6-10(11)9-13;/h4-7,12H,2-3,8,14H2,1H3;1H/t12-;/m0./s1. The van der Waals surface area contributed by atoms with Gasteiger partial charge in [0, 0.05) is 6.04 Å². The van der Waals surface area contributed by atoms with Crippen LogP contribution in [-0.4, -0.2) is 0 Å². The molecule has 1 aromatic rings. The van der Waals surface area contributed by atoms with E-state index in [1.165, 1.54) is 0 Å². The number of rotatable bonds is 4. The Morgan fingerprint density at radius 1 is 1.40 bits per heavy atom. The first-order chi connectivity index (χ1) is 6.79. The lowest BCUT2D eigenvalue weighted by molar-refractivity contribution is 0.602. The summed E-state index contributed by atoms with van der Waals surface area (Å²) in [7, 11) is 0. The van der Waals surface area contributed by atoms with Crippen molar-refractivity contribution < 1.29 is 0 Å². The topological polar surface area (TPSA) is 49.8 Å². The van der Waals surface area contributed by atoms with E-state index in [4.69, 9.17) is 11.0 Å². The van der Waals surface area contributed by atoms with Crippen molar-refractivity contribution >= 4 is 12.4 Å². The molecule has 2 nitrogen and oxygen atoms in total. The van der Waals surface area contributed by atoms with E-state index in [-0.39, 0.29) is 18.4 Å². The first-order valence-corrected chi connectivity index (χ1v) is 5.04. The van der Waals surface area contributed by atoms with Crippen LogP contribution < -0.4 is 5.73 Å². The third-order valence-corrected chi connectivity index (χ3v) is 2.35. The SMILES string of the molecule is CCCC[C@H](N)c1ccccc1C#N.Cl. The summed E-state index contributed by atoms with van der Waals surface area (Å²) in [5.41, 5.74) is 7.69. The highest BCUT2D eigenvalue weighted by molar-refractivity contribution is 5.85. The molecule has 2 N–H and O–H groups in total. The Kier molecular flexibility index (Phi) is 6.77. The van der Waals surface area contributed by atoms with Crippen molar-refractivity contribution in [3.8, 4) is 6.07 Å². The molecule has 0 spiro atoms. The number of unbranched alkanes of at least 4 members (excludes halogenated alkanes) is 1. The van der Waals surface area contributed by atoms with Crippen molar-refractivity contribution in [1.82, 2.24) is 0 Å². The number of nitriles is 1. The molecular weight excluding hydrogens is 208 g/mol. The van der Waals surface area contributed by atoms with Crippen molar-refractivity contribution in [2.75, 3.05) is 0 Å². The lowest BCUT2D eigenvalue weighted by atomic mass is 9.98. The second-order valence-electron chi connectivity index (χ2n) is 3.45. The predicted molar refractivity (Wildman–Crippen MR) is 64.9 cm³/mol. The van der Waals surface area contributed by atoms with Crippen molar-refractivity contribution in [2.24, 2.45) is 5.73 Å². The smallest absolute Gasteiger partial charge is 0.0995 e. The molecule has 0 saturated heterocycles. The molecular formula is C12H17ClN2. The van der Waals surface area contributed by atoms with E-state index < -0.39 is 0 Å². The average Bonchev–Trinajstić information content (AvgIpc) is 2.25. The number of hydrogen-bond donors (Lipinski definition) is 1. The monoisotopic (exact) mass is 224 g/mol. The highest BCUT2D eigenvalue weighted by atomic mass is 35.5. The maximum atomic E-state index is 8.89. The van der Waals surface area contributed by atoms with Gasteiger partial charge < -0.3 is 5.73 Å². The number of nitrogens with two attached hydrogens (primary N) is 1. The molecule has 82 valence electrons. The van der Waals surface area contributed by atoms with Gasteiger partial charge in [0.15, 0.2) is 0 Å². The van der Waals surface area contributed by atoms with E-state index >= 15 is 0 Å². The maximum absolute atomic E-state index is 8.89. The highest BCUT2D eigenvalue weighted by Gasteiger charge is 2.09. The molecule has 15 heavy (non-hydrogen) atoms. The summed E-state index contributed by atoms with van der Waals surface area (Å²) in [6.45, 7) is 2.14. The first-order valence-electron chi connectivity index (χ1n) is 5.04. The van der Waals surface area contributed by atoms with Gasteiger partial charge in [0.1, 0.15) is 0 Å². The van der Waals surface area contributed by atoms with Crippen LogP contribution in [0.15, 0.2) is 24.3 Å². The minimum Gasteiger partial charge on any atom is -0.324 e. The van der Waals surface area contributed by atoms with Crippen molar-refractivity contribution in [1.29, 1.82) is 5.26 Å². The van der Waals surface area contributed by atoms with Crippen LogP contribution in [0.25, 0.3) is 0 Å². The van der Waals surface area contributed by atoms with Crippen LogP contribution in [0.3, 0.4) is 0 Å². The second kappa shape index (κ2) is 7.28. The Morgan fingerprint density at radius 2 is 2.07 bits per heavy atom. The van der Waals surface area contributed by atoms with Gasteiger partial charge in [-0.25, -0.2) is 0 Å². The molecule has 0 heterocycles. The summed E-state index contributed by atoms with van der Waals surface area (Å²) >= 11 is 0. The minimum absolute atomic E-state index is 0. The van der Waals surface area contributed by atoms with Gasteiger partial charge in [-0.1, -0.05) is 38.0 Å². The molecule has 3 heteroatoms. The molecule has 0 unspecified atom stereocenters. The molecule has 0 aromatic heterocycles. The molecule has 0 aliphatic rings. The number of nitrogens with zero attached hydrogens (tertiary/aromatic N) is 1. The van der Waals surface area contributed by atoms with Crippen LogP contribution in [0.4, 0.5) is 0 Å². The van der Waals surface area contributed by atoms with Gasteiger partial charge >= 0.3 is 0 Å². The van der Waals surface area contributed by atoms with Crippen LogP contribution in [0.5, 0.6) is 0 Å². The zero-order valence-electron chi connectivity index (χ0n) is 8.94. The molecule has 0 amide bonds. The third kappa shape index (κ3) is 3.91. The van der Waals surface area contributed by atoms with Gasteiger partial charge in [-0.2, -0.15) is 5.26 Å². The number of hydrogen-bond acceptors (Lipinski definition) is 2. The van der Waals surface area contributed by atoms with Gasteiger partial charge in [0.05, 0.1) is 11.6 Å². The van der Waals surface area contributed by atoms with E-state index in [0.29, 0.717) is 5.56 Å². The van der Waals surface area contributed by atoms with E-state index in [9.17, 15) is 0 Å². The van der Waals surface area contributed by atoms with Crippen molar-refractivity contribution in [2.45, 2.75) is 32.2 Å². The van der Waals surface area contributed by atoms with Crippen LogP contribution in [0, 0.1) is 11.3 Å². The predicted octanol–water partition coefficient (Wildman–Crippen LogP) is 3.17. The van der Waals surface area contributed by atoms with E-state index in [2.05, 4.69) is 13.0 Å². The number of benzene rings is 1. The minimum atomic E-state index is 0. The zero-order chi connectivity index (χ0) is 10.4. The average molecular weight is 225 g/mol. The lowest BCUT2D eigenvalue weighted by Crippen LogP contribution is -2.11. The number of halogens is 1. The van der Waals surface area contributed by atoms with Crippen molar-refractivity contribution in [3.63, 3.8) is 0 Å². The second-order valence-corrected chi connectivity index (χ2v) is 3.45. The van der Waals surface area contributed by atoms with Gasteiger partial charge in [-0.05, 0) is 18.1 Å². The summed E-state index contributed by atoms with van der Waals surface area (Å²) in [5.74, 6) is 0. The normalized spacial score (nSPS) is 11.3. The van der Waals surface area contributed by atoms with E-state index in [0.717, 1.165) is 24.8 Å². The Bertz CT molecular complexity index is 331. The molecule has 0 saturated carbocycles. The Hall–Kier alpha value is -1.04. The summed E-state index contributed by atoms with van der Waals surface area (Å²) in [6.07, 6.45) is 3.21. The molecule has 1 rings (SSSR count). The van der Waals surface area contributed by atoms with Crippen molar-refractivity contribution in [3.05, 3.63) is 35.4 Å². The summed E-state index contributed by atoms with van der Waals surface area (Å²) in [4.78, 5) is 0. The largest absolute Gasteiger partial charge is 0.324 e. The Balaban J connectivity index is 0.00000196. The maximum Gasteiger partial charge on any atom is 0.0995 e. The van der Waals surface area contributed by atoms with Gasteiger partial charge in [0.25, 0.3) is 0 Å². The quantitative estimate of drug-likeness (QED) is 0.854. The van der Waals surface area contributed by atoms with Crippen LogP contribution in [0.1, 0.15) is 43.4 Å². The Labute approximate surface area is 97.5 Å². The summed E-state index contributed by atoms with van der Waals surface area (Å²) < 4.78 is 0. The molecule has 1 aromatic carbocycles. The Morgan fingerprint density at radius 3 is 2.67 bits per heavy atom. The molecule has 0 fully saturated rings. The fourth-order valence-electron chi connectivity index (χ4n) is 1.50. The molecule has 0 bridgehead atoms. The molecule has 0 aliphatic carbocycles.